The number of nitrogens with zero attached hydrogens (tertiary/aromatic N) is 2. The van der Waals surface area contributed by atoms with Crippen LogP contribution in [-0.2, 0) is 12.8 Å². The summed E-state index contributed by atoms with van der Waals surface area (Å²) in [7, 11) is 1.71. The molecule has 1 saturated heterocycles. The number of likely N-dealkylation sites (tertiary alicyclic amines) is 1. The summed E-state index contributed by atoms with van der Waals surface area (Å²) in [5, 5.41) is 14.6. The van der Waals surface area contributed by atoms with Gasteiger partial charge in [0, 0.05) is 49.0 Å². The minimum absolute atomic E-state index is 0.167. The molecule has 0 spiro atoms. The molecule has 2 atom stereocenters. The zero-order valence-corrected chi connectivity index (χ0v) is 18.8. The molecule has 0 bridgehead atoms. The molecule has 168 valence electrons. The number of fused-ring (bicyclic) bond motifs is 2. The number of pyridine rings is 1. The molecule has 6 nitrogen and oxygen atoms in total. The van der Waals surface area contributed by atoms with Crippen molar-refractivity contribution >= 4 is 16.6 Å². The Morgan fingerprint density at radius 3 is 2.81 bits per heavy atom. The molecule has 31 heavy (non-hydrogen) atoms. The van der Waals surface area contributed by atoms with Crippen molar-refractivity contribution in [3.63, 3.8) is 0 Å². The highest BCUT2D eigenvalue weighted by Gasteiger charge is 2.27. The maximum atomic E-state index is 9.68. The van der Waals surface area contributed by atoms with Gasteiger partial charge in [0.05, 0.1) is 25.3 Å². The SMILES string of the molecule is COc1cc2c(NCC3CC3)c3c(nc2cc1OCCCN1CCC(O)C1)CC(C)C3. The molecule has 1 aromatic carbocycles. The third-order valence-electron chi connectivity index (χ3n) is 6.94. The van der Waals surface area contributed by atoms with Gasteiger partial charge in [-0.25, -0.2) is 0 Å². The van der Waals surface area contributed by atoms with E-state index in [9.17, 15) is 5.11 Å². The number of rotatable bonds is 9. The second-order valence-corrected chi connectivity index (χ2v) is 9.72. The Bertz CT molecular complexity index is 943. The fourth-order valence-electron chi connectivity index (χ4n) is 5.03. The van der Waals surface area contributed by atoms with E-state index in [0.29, 0.717) is 12.5 Å². The number of aliphatic hydroxyl groups excluding tert-OH is 1. The quantitative estimate of drug-likeness (QED) is 0.598. The van der Waals surface area contributed by atoms with E-state index in [1.807, 2.05) is 0 Å². The first-order chi connectivity index (χ1) is 15.1. The maximum absolute atomic E-state index is 9.68. The van der Waals surface area contributed by atoms with Gasteiger partial charge in [-0.2, -0.15) is 0 Å². The van der Waals surface area contributed by atoms with Crippen LogP contribution in [0.5, 0.6) is 11.5 Å². The zero-order chi connectivity index (χ0) is 21.4. The summed E-state index contributed by atoms with van der Waals surface area (Å²) in [6, 6.07) is 4.16. The van der Waals surface area contributed by atoms with Crippen molar-refractivity contribution in [1.82, 2.24) is 9.88 Å². The molecule has 3 aliphatic rings. The van der Waals surface area contributed by atoms with E-state index in [1.54, 1.807) is 7.11 Å². The summed E-state index contributed by atoms with van der Waals surface area (Å²) < 4.78 is 11.8. The predicted molar refractivity (Wildman–Crippen MR) is 123 cm³/mol. The number of ether oxygens (including phenoxy) is 2. The molecule has 0 amide bonds. The van der Waals surface area contributed by atoms with Gasteiger partial charge in [0.25, 0.3) is 0 Å². The highest BCUT2D eigenvalue weighted by atomic mass is 16.5. The summed E-state index contributed by atoms with van der Waals surface area (Å²) in [6.45, 7) is 6.69. The van der Waals surface area contributed by atoms with Crippen LogP contribution in [0, 0.1) is 11.8 Å². The Morgan fingerprint density at radius 2 is 2.06 bits per heavy atom. The number of nitrogens with one attached hydrogen (secondary N) is 1. The van der Waals surface area contributed by atoms with E-state index in [2.05, 4.69) is 29.3 Å². The molecule has 2 aliphatic carbocycles. The summed E-state index contributed by atoms with van der Waals surface area (Å²) >= 11 is 0. The Hall–Kier alpha value is -2.05. The van der Waals surface area contributed by atoms with E-state index < -0.39 is 0 Å². The number of β-amino-alcohol motifs (C(OH)–C–C–N with tert-alkyl or cyclic N) is 1. The number of hydrogen-bond acceptors (Lipinski definition) is 6. The topological polar surface area (TPSA) is 66.8 Å². The van der Waals surface area contributed by atoms with Crippen LogP contribution >= 0.6 is 0 Å². The van der Waals surface area contributed by atoms with Gasteiger partial charge in [-0.05, 0) is 62.0 Å². The predicted octanol–water partition coefficient (Wildman–Crippen LogP) is 3.64. The normalized spacial score (nSPS) is 23.3. The van der Waals surface area contributed by atoms with Crippen molar-refractivity contribution in [3.05, 3.63) is 23.4 Å². The molecule has 1 saturated carbocycles. The van der Waals surface area contributed by atoms with Crippen LogP contribution < -0.4 is 14.8 Å². The van der Waals surface area contributed by atoms with Crippen molar-refractivity contribution in [1.29, 1.82) is 0 Å². The molecule has 2 aromatic rings. The molecule has 2 heterocycles. The van der Waals surface area contributed by atoms with Crippen LogP contribution in [-0.4, -0.2) is 61.0 Å². The van der Waals surface area contributed by atoms with E-state index >= 15 is 0 Å². The van der Waals surface area contributed by atoms with Gasteiger partial charge >= 0.3 is 0 Å². The van der Waals surface area contributed by atoms with Gasteiger partial charge in [0.15, 0.2) is 11.5 Å². The first-order valence-electron chi connectivity index (χ1n) is 11.9. The van der Waals surface area contributed by atoms with Crippen LogP contribution in [0.4, 0.5) is 5.69 Å². The van der Waals surface area contributed by atoms with Gasteiger partial charge in [-0.3, -0.25) is 4.98 Å². The Morgan fingerprint density at radius 1 is 1.19 bits per heavy atom. The van der Waals surface area contributed by atoms with E-state index in [1.165, 1.54) is 29.8 Å². The number of anilines is 1. The van der Waals surface area contributed by atoms with Crippen LogP contribution in [0.3, 0.4) is 0 Å². The summed E-state index contributed by atoms with van der Waals surface area (Å²) in [5.41, 5.74) is 4.88. The highest BCUT2D eigenvalue weighted by Crippen LogP contribution is 2.41. The summed E-state index contributed by atoms with van der Waals surface area (Å²) in [5.74, 6) is 3.00. The third-order valence-corrected chi connectivity index (χ3v) is 6.94. The number of hydrogen-bond donors (Lipinski definition) is 2. The lowest BCUT2D eigenvalue weighted by Crippen LogP contribution is -2.24. The Labute approximate surface area is 184 Å². The van der Waals surface area contributed by atoms with Gasteiger partial charge in [0.2, 0.25) is 0 Å². The number of aromatic nitrogens is 1. The molecule has 1 aliphatic heterocycles. The van der Waals surface area contributed by atoms with Crippen LogP contribution in [0.2, 0.25) is 0 Å². The third kappa shape index (κ3) is 4.60. The molecular formula is C25H35N3O3. The summed E-state index contributed by atoms with van der Waals surface area (Å²) in [4.78, 5) is 7.33. The van der Waals surface area contributed by atoms with Crippen molar-refractivity contribution in [2.75, 3.05) is 45.2 Å². The smallest absolute Gasteiger partial charge is 0.163 e. The lowest BCUT2D eigenvalue weighted by Gasteiger charge is -2.18. The van der Waals surface area contributed by atoms with Crippen molar-refractivity contribution in [3.8, 4) is 11.5 Å². The molecule has 2 N–H and O–H groups in total. The molecule has 2 unspecified atom stereocenters. The monoisotopic (exact) mass is 425 g/mol. The van der Waals surface area contributed by atoms with Crippen molar-refractivity contribution < 1.29 is 14.6 Å². The number of benzene rings is 1. The maximum Gasteiger partial charge on any atom is 0.163 e. The summed E-state index contributed by atoms with van der Waals surface area (Å²) in [6.07, 6.45) is 6.46. The standard InChI is InChI=1S/C25H35N3O3/c1-16-10-19-21(11-16)27-22-13-24(31-9-3-7-28-8-6-18(29)15-28)23(30-2)12-20(22)25(19)26-14-17-4-5-17/h12-13,16-18,29H,3-11,14-15H2,1-2H3,(H,26,27). The fourth-order valence-corrected chi connectivity index (χ4v) is 5.03. The number of methoxy groups -OCH3 is 1. The molecule has 2 fully saturated rings. The average Bonchev–Trinajstić information content (AvgIpc) is 3.38. The first-order valence-corrected chi connectivity index (χ1v) is 11.9. The van der Waals surface area contributed by atoms with Crippen LogP contribution in [0.25, 0.3) is 10.9 Å². The number of aliphatic hydroxyl groups is 1. The molecule has 5 rings (SSSR count). The second-order valence-electron chi connectivity index (χ2n) is 9.72. The van der Waals surface area contributed by atoms with Crippen molar-refractivity contribution in [2.45, 2.75) is 51.6 Å². The van der Waals surface area contributed by atoms with Gasteiger partial charge < -0.3 is 24.8 Å². The van der Waals surface area contributed by atoms with E-state index in [0.717, 1.165) is 80.2 Å². The molecule has 0 radical (unpaired) electrons. The minimum atomic E-state index is -0.167. The molecule has 6 heteroatoms. The van der Waals surface area contributed by atoms with Gasteiger partial charge in [-0.15, -0.1) is 0 Å². The Kier molecular flexibility index (Phi) is 5.93. The highest BCUT2D eigenvalue weighted by molar-refractivity contribution is 5.96. The Balaban J connectivity index is 1.36. The minimum Gasteiger partial charge on any atom is -0.493 e. The largest absolute Gasteiger partial charge is 0.493 e. The van der Waals surface area contributed by atoms with Crippen LogP contribution in [0.1, 0.15) is 43.9 Å². The second kappa shape index (κ2) is 8.83. The van der Waals surface area contributed by atoms with E-state index in [4.69, 9.17) is 14.5 Å². The zero-order valence-electron chi connectivity index (χ0n) is 18.8. The molecule has 1 aromatic heterocycles. The van der Waals surface area contributed by atoms with Crippen molar-refractivity contribution in [2.24, 2.45) is 11.8 Å². The van der Waals surface area contributed by atoms with E-state index in [-0.39, 0.29) is 6.10 Å². The lowest BCUT2D eigenvalue weighted by molar-refractivity contribution is 0.172. The fraction of sp³-hybridized carbons (Fsp3) is 0.640. The van der Waals surface area contributed by atoms with Crippen LogP contribution in [0.15, 0.2) is 12.1 Å². The average molecular weight is 426 g/mol. The molecular weight excluding hydrogens is 390 g/mol. The first kappa shape index (κ1) is 20.8. The van der Waals surface area contributed by atoms with Gasteiger partial charge in [-0.1, -0.05) is 6.92 Å². The lowest BCUT2D eigenvalue weighted by atomic mass is 10.0. The van der Waals surface area contributed by atoms with Gasteiger partial charge in [0.1, 0.15) is 0 Å².